The van der Waals surface area contributed by atoms with E-state index in [0.29, 0.717) is 61.3 Å². The summed E-state index contributed by atoms with van der Waals surface area (Å²) < 4.78 is 75.7. The molecule has 0 aliphatic heterocycles. The van der Waals surface area contributed by atoms with Gasteiger partial charge in [0.05, 0.1) is 26.4 Å². The topological polar surface area (TPSA) is 227 Å². The molecule has 0 aliphatic carbocycles. The van der Waals surface area contributed by atoms with E-state index < -0.39 is 30.4 Å². The molecule has 6 heterocycles. The maximum Gasteiger partial charge on any atom is 0.0273 e. The summed E-state index contributed by atoms with van der Waals surface area (Å²) in [5.41, 5.74) is 6.36. The molecular formula is C47H68Br2Cl2I5N6O12P4V2. The van der Waals surface area contributed by atoms with Gasteiger partial charge in [0, 0.05) is 73.3 Å². The van der Waals surface area contributed by atoms with Crippen LogP contribution in [0, 0.1) is 0 Å². The van der Waals surface area contributed by atoms with Crippen LogP contribution < -0.4 is 77.0 Å². The molecule has 0 bridgehead atoms. The summed E-state index contributed by atoms with van der Waals surface area (Å²) in [5, 5.41) is 0. The van der Waals surface area contributed by atoms with Crippen molar-refractivity contribution in [2.24, 2.45) is 0 Å². The Morgan fingerprint density at radius 2 is 0.613 bits per heavy atom. The van der Waals surface area contributed by atoms with Crippen molar-refractivity contribution in [3.63, 3.8) is 0 Å². The van der Waals surface area contributed by atoms with E-state index in [-0.39, 0.29) is 96.5 Å². The van der Waals surface area contributed by atoms with Crippen LogP contribution in [0.1, 0.15) is 35.1 Å². The number of rotatable bonds is 23. The van der Waals surface area contributed by atoms with Gasteiger partial charge in [0.1, 0.15) is 24.6 Å². The van der Waals surface area contributed by atoms with Gasteiger partial charge in [-0.2, -0.15) is 0 Å². The summed E-state index contributed by atoms with van der Waals surface area (Å²) in [7, 11) is -13.5. The number of pyridine rings is 6. The number of nitrogens with zero attached hydrogens (tertiary/aromatic N) is 6. The first-order chi connectivity index (χ1) is 35.6. The molecule has 33 heteroatoms. The summed E-state index contributed by atoms with van der Waals surface area (Å²) >= 11 is 12.1. The summed E-state index contributed by atoms with van der Waals surface area (Å²) in [5.74, 6) is 0. The van der Waals surface area contributed by atoms with Gasteiger partial charge in [-0.1, -0.05) is 7.43 Å². The molecule has 0 unspecified atom stereocenters. The molecule has 0 aromatic carbocycles. The Hall–Kier alpha value is 1.86. The minimum absolute atomic E-state index is 0. The summed E-state index contributed by atoms with van der Waals surface area (Å²) in [6, 6.07) is 23.4. The molecular weight excluding hydrogens is 1930 g/mol. The molecule has 0 amide bonds. The zero-order valence-electron chi connectivity index (χ0n) is 43.2. The Morgan fingerprint density at radius 1 is 0.438 bits per heavy atom. The fourth-order valence-electron chi connectivity index (χ4n) is 6.37. The normalized spacial score (nSPS) is 10.7. The number of hydrogen-bond donors (Lipinski definition) is 4. The van der Waals surface area contributed by atoms with Gasteiger partial charge in [0.15, 0.2) is 75.8 Å². The molecule has 0 saturated carbocycles. The molecule has 0 atom stereocenters. The van der Waals surface area contributed by atoms with E-state index in [1.165, 1.54) is 11.1 Å². The van der Waals surface area contributed by atoms with Gasteiger partial charge < -0.3 is 96.4 Å². The van der Waals surface area contributed by atoms with Gasteiger partial charge in [-0.15, -0.1) is 0 Å². The first kappa shape index (κ1) is 88.3. The van der Waals surface area contributed by atoms with Crippen molar-refractivity contribution < 1.29 is 147 Å². The quantitative estimate of drug-likeness (QED) is 0.0376. The third-order valence-corrected chi connectivity index (χ3v) is 15.5. The summed E-state index contributed by atoms with van der Waals surface area (Å²) in [6.07, 6.45) is 22.2. The second-order valence-electron chi connectivity index (χ2n) is 15.1. The summed E-state index contributed by atoms with van der Waals surface area (Å²) in [6.45, 7) is 10.3. The van der Waals surface area contributed by atoms with E-state index >= 15 is 0 Å². The van der Waals surface area contributed by atoms with Crippen molar-refractivity contribution in [1.29, 1.82) is 0 Å². The van der Waals surface area contributed by atoms with Crippen LogP contribution in [-0.4, -0.2) is 80.6 Å². The Kier molecular flexibility index (Phi) is 54.9. The van der Waals surface area contributed by atoms with E-state index in [4.69, 9.17) is 37.7 Å². The van der Waals surface area contributed by atoms with E-state index in [0.717, 1.165) is 22.3 Å². The van der Waals surface area contributed by atoms with Crippen molar-refractivity contribution in [3.8, 4) is 33.4 Å². The first-order valence-corrected chi connectivity index (χ1v) is 52.5. The fourth-order valence-corrected chi connectivity index (χ4v) is 10.5. The van der Waals surface area contributed by atoms with Crippen molar-refractivity contribution in [1.82, 2.24) is 9.97 Å². The third-order valence-electron chi connectivity index (χ3n) is 9.79. The monoisotopic (exact) mass is 2000 g/mol. The minimum Gasteiger partial charge on any atom is -0.265 e. The summed E-state index contributed by atoms with van der Waals surface area (Å²) in [4.78, 5) is 43.1. The number of aryl methyl sites for hydroxylation is 4. The van der Waals surface area contributed by atoms with Gasteiger partial charge in [0.25, 0.3) is 0 Å². The van der Waals surface area contributed by atoms with Crippen LogP contribution in [0.2, 0.25) is 0 Å². The van der Waals surface area contributed by atoms with Crippen LogP contribution in [0.3, 0.4) is 0 Å². The molecule has 0 radical (unpaired) electrons. The molecule has 451 valence electrons. The second kappa shape index (κ2) is 49.7. The molecule has 80 heavy (non-hydrogen) atoms. The molecule has 0 aliphatic rings. The number of hydrogen-bond acceptors (Lipinski definition) is 10. The predicted molar refractivity (Wildman–Crippen MR) is 334 cm³/mol. The maximum absolute atomic E-state index is 12.6. The first-order valence-electron chi connectivity index (χ1n) is 22.9. The Morgan fingerprint density at radius 3 is 0.787 bits per heavy atom. The van der Waals surface area contributed by atoms with Crippen LogP contribution >= 0.6 is 130 Å². The van der Waals surface area contributed by atoms with Crippen LogP contribution in [0.15, 0.2) is 147 Å². The molecule has 6 rings (SSSR count). The second-order valence-corrected chi connectivity index (χ2v) is 70.2. The van der Waals surface area contributed by atoms with Gasteiger partial charge in [-0.25, -0.2) is 18.3 Å². The standard InChI is InChI=1S/C22H36N2O6P2.C14H18N2O6P2.C10H8N2.CH4.2BrH.2ClH.5HI.2V/c1-5-27-31(25,28-6-2)19-17-23-13-9-21(10-14-23)22-11-15-24(16-12-22)18-20-32(26,29-7-3)30-8-4;17-23(18,19)11-9-15-5-1-13(2-6-15)14-3-7-16(8-4-14)10-12-24(20,21)22;1-5-11-6-2-9(1)10-3-7-12-8-4-10;;;;;;;;;;;;/h9-16H,5-8,17-20H2,1-4H3;1-8H,9-12H2,(H2-2,17,18,19,20,21,22);1-8H;1H4;9*1H;;/q+2;;;;;;;;;;;;;+2;+3/p-7. The third kappa shape index (κ3) is 41.1. The van der Waals surface area contributed by atoms with Gasteiger partial charge in [-0.3, -0.25) is 28.2 Å². The van der Waals surface area contributed by atoms with Crippen molar-refractivity contribution >= 4 is 130 Å². The predicted octanol–water partition coefficient (Wildman–Crippen LogP) is -0.0360. The zero-order valence-corrected chi connectivity index (χ0v) is 65.0. The molecule has 0 fully saturated rings. The van der Waals surface area contributed by atoms with Gasteiger partial charge >= 0.3 is 145 Å². The molecule has 6 aromatic rings. The molecule has 18 nitrogen and oxygen atoms in total. The molecule has 0 saturated heterocycles. The van der Waals surface area contributed by atoms with Crippen LogP contribution in [0.25, 0.3) is 33.4 Å². The van der Waals surface area contributed by atoms with E-state index in [9.17, 15) is 18.3 Å². The Labute approximate surface area is 572 Å². The number of aromatic nitrogens is 6. The van der Waals surface area contributed by atoms with Gasteiger partial charge in [-0.05, 0) is 85.3 Å². The molecule has 4 N–H and O–H groups in total. The Bertz CT molecular complexity index is 2510. The minimum atomic E-state index is -4.00. The van der Waals surface area contributed by atoms with Crippen molar-refractivity contribution in [2.75, 3.05) is 51.1 Å². The average molecular weight is 2000 g/mol. The van der Waals surface area contributed by atoms with Crippen LogP contribution in [-0.2, 0) is 76.9 Å². The van der Waals surface area contributed by atoms with Crippen LogP contribution in [0.5, 0.6) is 0 Å². The maximum atomic E-state index is 12.6. The fraction of sp³-hybridized carbons (Fsp3) is 0.362. The van der Waals surface area contributed by atoms with E-state index in [1.54, 1.807) is 58.7 Å². The average Bonchev–Trinajstić information content (AvgIpc) is 3.38. The Balaban J connectivity index is -0.000000528. The SMILES string of the molecule is C.CCOP(=O)(CC[n+]1ccc(-c2cc[n+](CCP(=O)(OCC)OCC)cc2)cc1)OCC.O=P(O)(O)CC[n+]1ccc(-c2cc[n+](CCP(=O)(O)O)cc2)cc1.[Br-].[Br-].[Cl-].[Cl-].[I][V]([I])[I].[I][V][I].c1cc(-c2ccncc2)ccn1. The van der Waals surface area contributed by atoms with Crippen LogP contribution in [0.4, 0.5) is 0 Å². The van der Waals surface area contributed by atoms with Crippen molar-refractivity contribution in [3.05, 3.63) is 147 Å². The van der Waals surface area contributed by atoms with Crippen molar-refractivity contribution in [2.45, 2.75) is 61.3 Å². The number of halogens is 9. The molecule has 0 spiro atoms. The van der Waals surface area contributed by atoms with E-state index in [1.807, 2.05) is 134 Å². The zero-order chi connectivity index (χ0) is 55.8. The smallest absolute Gasteiger partial charge is 0.0273 e. The van der Waals surface area contributed by atoms with E-state index in [2.05, 4.69) is 110 Å². The van der Waals surface area contributed by atoms with Gasteiger partial charge in [0.2, 0.25) is 0 Å². The molecule has 6 aromatic heterocycles. The largest absolute Gasteiger partial charge is 0.265 e.